The van der Waals surface area contributed by atoms with Crippen molar-refractivity contribution < 1.29 is 0 Å². The van der Waals surface area contributed by atoms with Gasteiger partial charge in [0, 0.05) is 43.2 Å². The summed E-state index contributed by atoms with van der Waals surface area (Å²) in [6, 6.07) is 89.0. The molecule has 0 amide bonds. The Hall–Kier alpha value is -8.24. The zero-order valence-electron chi connectivity index (χ0n) is 35.4. The third kappa shape index (κ3) is 6.16. The van der Waals surface area contributed by atoms with Crippen LogP contribution in [0.2, 0.25) is 0 Å². The third-order valence-corrected chi connectivity index (χ3v) is 14.5. The van der Waals surface area contributed by atoms with Crippen LogP contribution in [0.4, 0.5) is 17.1 Å². The molecule has 0 saturated carbocycles. The first-order valence-electron chi connectivity index (χ1n) is 22.2. The van der Waals surface area contributed by atoms with Gasteiger partial charge in [0.25, 0.3) is 0 Å². The second-order valence-electron chi connectivity index (χ2n) is 16.8. The van der Waals surface area contributed by atoms with Gasteiger partial charge < -0.3 is 9.47 Å². The van der Waals surface area contributed by atoms with E-state index in [1.165, 1.54) is 91.3 Å². The quantitative estimate of drug-likeness (QED) is 0.155. The standard InChI is InChI=1S/C62H40N2S/c1-2-15-43(16-3-1)56-40-46(50-26-13-19-42-17-4-6-22-49(42)50)34-38-59(56)63(60-30-14-27-54-55-37-33-44-18-5-7-23-51(44)61(55)65-62(54)60)47-35-31-41(32-36-47)45-20-12-21-48(39-45)64-57-28-10-8-24-52(57)53-25-9-11-29-58(53)64/h1-40H. The van der Waals surface area contributed by atoms with Crippen LogP contribution >= 0.6 is 11.3 Å². The van der Waals surface area contributed by atoms with E-state index in [9.17, 15) is 0 Å². The first-order valence-corrected chi connectivity index (χ1v) is 23.1. The van der Waals surface area contributed by atoms with Crippen LogP contribution in [-0.4, -0.2) is 4.57 Å². The lowest BCUT2D eigenvalue weighted by Gasteiger charge is -2.29. The second kappa shape index (κ2) is 15.2. The number of nitrogens with zero attached hydrogens (tertiary/aromatic N) is 2. The Morgan fingerprint density at radius 3 is 1.68 bits per heavy atom. The van der Waals surface area contributed by atoms with E-state index in [0.29, 0.717) is 0 Å². The topological polar surface area (TPSA) is 8.17 Å². The fourth-order valence-electron chi connectivity index (χ4n) is 10.1. The minimum atomic E-state index is 1.09. The summed E-state index contributed by atoms with van der Waals surface area (Å²) < 4.78 is 4.98. The van der Waals surface area contributed by atoms with Crippen molar-refractivity contribution in [2.75, 3.05) is 4.90 Å². The molecule has 13 rings (SSSR count). The number of hydrogen-bond acceptors (Lipinski definition) is 2. The molecular weight excluding hydrogens is 805 g/mol. The number of anilines is 3. The SMILES string of the molecule is c1ccc(-c2cc(-c3cccc4ccccc34)ccc2N(c2ccc(-c3cccc(-n4c5ccccc5c5ccccc54)c3)cc2)c2cccc3c2sc2c4ccccc4ccc32)cc1. The molecule has 2 nitrogen and oxygen atoms in total. The second-order valence-corrected chi connectivity index (χ2v) is 17.9. The van der Waals surface area contributed by atoms with Crippen LogP contribution in [-0.2, 0) is 0 Å². The minimum Gasteiger partial charge on any atom is -0.309 e. The first-order chi connectivity index (χ1) is 32.2. The van der Waals surface area contributed by atoms with Gasteiger partial charge >= 0.3 is 0 Å². The van der Waals surface area contributed by atoms with Crippen LogP contribution in [0, 0.1) is 0 Å². The molecule has 0 spiro atoms. The summed E-state index contributed by atoms with van der Waals surface area (Å²) in [6.07, 6.45) is 0. The van der Waals surface area contributed by atoms with Gasteiger partial charge in [0.15, 0.2) is 0 Å². The van der Waals surface area contributed by atoms with Crippen molar-refractivity contribution in [1.82, 2.24) is 4.57 Å². The molecule has 0 aliphatic rings. The van der Waals surface area contributed by atoms with Gasteiger partial charge in [0.2, 0.25) is 0 Å². The van der Waals surface area contributed by atoms with Crippen LogP contribution in [0.3, 0.4) is 0 Å². The number of aromatic nitrogens is 1. The Morgan fingerprint density at radius 1 is 0.308 bits per heavy atom. The molecule has 0 unspecified atom stereocenters. The maximum Gasteiger partial charge on any atom is 0.0640 e. The van der Waals surface area contributed by atoms with Gasteiger partial charge in [-0.15, -0.1) is 11.3 Å². The lowest BCUT2D eigenvalue weighted by Crippen LogP contribution is -2.11. The van der Waals surface area contributed by atoms with Crippen LogP contribution in [0.25, 0.3) is 103 Å². The van der Waals surface area contributed by atoms with Gasteiger partial charge in [0.1, 0.15) is 0 Å². The highest BCUT2D eigenvalue weighted by Crippen LogP contribution is 2.49. The molecule has 0 atom stereocenters. The first kappa shape index (κ1) is 37.3. The summed E-state index contributed by atoms with van der Waals surface area (Å²) >= 11 is 1.90. The average Bonchev–Trinajstić information content (AvgIpc) is 3.94. The van der Waals surface area contributed by atoms with E-state index in [0.717, 1.165) is 28.3 Å². The van der Waals surface area contributed by atoms with E-state index in [-0.39, 0.29) is 0 Å². The average molecular weight is 845 g/mol. The highest BCUT2D eigenvalue weighted by Gasteiger charge is 2.23. The van der Waals surface area contributed by atoms with Gasteiger partial charge in [-0.3, -0.25) is 0 Å². The molecule has 2 aromatic heterocycles. The normalized spacial score (nSPS) is 11.7. The number of thiophene rings is 1. The lowest BCUT2D eigenvalue weighted by molar-refractivity contribution is 1.18. The highest BCUT2D eigenvalue weighted by atomic mass is 32.1. The van der Waals surface area contributed by atoms with Gasteiger partial charge in [-0.2, -0.15) is 0 Å². The van der Waals surface area contributed by atoms with Gasteiger partial charge in [-0.05, 0) is 104 Å². The number of fused-ring (bicyclic) bond motifs is 9. The van der Waals surface area contributed by atoms with Crippen molar-refractivity contribution >= 4 is 91.9 Å². The van der Waals surface area contributed by atoms with Gasteiger partial charge in [-0.25, -0.2) is 0 Å². The molecule has 0 N–H and O–H groups in total. The number of benzene rings is 11. The zero-order chi connectivity index (χ0) is 42.8. The summed E-state index contributed by atoms with van der Waals surface area (Å²) in [7, 11) is 0. The van der Waals surface area contributed by atoms with E-state index in [1.54, 1.807) is 0 Å². The molecule has 65 heavy (non-hydrogen) atoms. The van der Waals surface area contributed by atoms with E-state index in [4.69, 9.17) is 0 Å². The Labute approximate surface area is 381 Å². The maximum absolute atomic E-state index is 2.49. The largest absolute Gasteiger partial charge is 0.309 e. The van der Waals surface area contributed by atoms with E-state index >= 15 is 0 Å². The minimum absolute atomic E-state index is 1.09. The molecule has 11 aromatic carbocycles. The monoisotopic (exact) mass is 844 g/mol. The van der Waals surface area contributed by atoms with Crippen LogP contribution in [0.15, 0.2) is 243 Å². The van der Waals surface area contributed by atoms with Crippen LogP contribution in [0.5, 0.6) is 0 Å². The molecule has 13 aromatic rings. The smallest absolute Gasteiger partial charge is 0.0640 e. The van der Waals surface area contributed by atoms with Crippen molar-refractivity contribution in [2.45, 2.75) is 0 Å². The zero-order valence-corrected chi connectivity index (χ0v) is 36.2. The summed E-state index contributed by atoms with van der Waals surface area (Å²) in [5.41, 5.74) is 14.0. The highest BCUT2D eigenvalue weighted by molar-refractivity contribution is 7.27. The molecule has 304 valence electrons. The molecular formula is C62H40N2S. The fraction of sp³-hybridized carbons (Fsp3) is 0. The van der Waals surface area contributed by atoms with Crippen molar-refractivity contribution in [2.24, 2.45) is 0 Å². The van der Waals surface area contributed by atoms with Gasteiger partial charge in [-0.1, -0.05) is 188 Å². The number of para-hydroxylation sites is 2. The molecule has 0 bridgehead atoms. The predicted octanol–water partition coefficient (Wildman–Crippen LogP) is 17.9. The van der Waals surface area contributed by atoms with E-state index in [2.05, 4.69) is 252 Å². The van der Waals surface area contributed by atoms with E-state index in [1.807, 2.05) is 11.3 Å². The Morgan fingerprint density at radius 2 is 0.892 bits per heavy atom. The van der Waals surface area contributed by atoms with Crippen LogP contribution in [0.1, 0.15) is 0 Å². The molecule has 0 saturated heterocycles. The molecule has 0 aliphatic heterocycles. The molecule has 2 heterocycles. The maximum atomic E-state index is 2.49. The summed E-state index contributed by atoms with van der Waals surface area (Å²) in [4.78, 5) is 2.49. The van der Waals surface area contributed by atoms with Crippen molar-refractivity contribution in [1.29, 1.82) is 0 Å². The molecule has 0 aliphatic carbocycles. The predicted molar refractivity (Wildman–Crippen MR) is 280 cm³/mol. The Bertz CT molecular complexity index is 3890. The summed E-state index contributed by atoms with van der Waals surface area (Å²) in [5.74, 6) is 0. The Kier molecular flexibility index (Phi) is 8.75. The molecule has 3 heteroatoms. The van der Waals surface area contributed by atoms with Gasteiger partial charge in [0.05, 0.1) is 27.1 Å². The Balaban J connectivity index is 1.01. The number of rotatable bonds is 7. The number of hydrogen-bond donors (Lipinski definition) is 0. The van der Waals surface area contributed by atoms with Crippen LogP contribution < -0.4 is 4.90 Å². The van der Waals surface area contributed by atoms with Crippen molar-refractivity contribution in [3.63, 3.8) is 0 Å². The summed E-state index contributed by atoms with van der Waals surface area (Å²) in [6.45, 7) is 0. The fourth-order valence-corrected chi connectivity index (χ4v) is 11.5. The van der Waals surface area contributed by atoms with E-state index < -0.39 is 0 Å². The van der Waals surface area contributed by atoms with Crippen molar-refractivity contribution in [3.05, 3.63) is 243 Å². The van der Waals surface area contributed by atoms with Crippen molar-refractivity contribution in [3.8, 4) is 39.1 Å². The third-order valence-electron chi connectivity index (χ3n) is 13.2. The molecule has 0 radical (unpaired) electrons. The summed E-state index contributed by atoms with van der Waals surface area (Å²) in [5, 5.41) is 10.1. The molecule has 0 fully saturated rings. The lowest BCUT2D eigenvalue weighted by atomic mass is 9.93.